The lowest BCUT2D eigenvalue weighted by Crippen LogP contribution is -2.39. The highest BCUT2D eigenvalue weighted by Crippen LogP contribution is 1.92. The van der Waals surface area contributed by atoms with Crippen LogP contribution >= 0.6 is 0 Å². The zero-order chi connectivity index (χ0) is 8.31. The Bertz CT molecular complexity index is 142. The van der Waals surface area contributed by atoms with Gasteiger partial charge in [0.05, 0.1) is 0 Å². The number of carboxylic acids is 2. The van der Waals surface area contributed by atoms with Gasteiger partial charge in [0.25, 0.3) is 0 Å². The van der Waals surface area contributed by atoms with Crippen molar-refractivity contribution >= 4 is 11.9 Å². The van der Waals surface area contributed by atoms with E-state index in [1.165, 1.54) is 0 Å². The molecular weight excluding hydrogens is 172 g/mol. The SMILES string of the molecule is O=C(O)[C@@H](O)[C@H](O)C(=O)O.[NH4+].[NH4+]. The molecule has 0 aliphatic rings. The van der Waals surface area contributed by atoms with Crippen LogP contribution in [0.3, 0.4) is 0 Å². The molecule has 0 aliphatic heterocycles. The molecule has 12 N–H and O–H groups in total. The van der Waals surface area contributed by atoms with Crippen molar-refractivity contribution in [3.8, 4) is 0 Å². The van der Waals surface area contributed by atoms with Gasteiger partial charge < -0.3 is 32.7 Å². The molecule has 0 saturated carbocycles. The van der Waals surface area contributed by atoms with Crippen molar-refractivity contribution < 1.29 is 30.0 Å². The van der Waals surface area contributed by atoms with E-state index in [1.807, 2.05) is 0 Å². The molecule has 0 fully saturated rings. The van der Waals surface area contributed by atoms with Crippen LogP contribution in [0.15, 0.2) is 0 Å². The number of hydrogen-bond donors (Lipinski definition) is 6. The van der Waals surface area contributed by atoms with Crippen molar-refractivity contribution in [3.05, 3.63) is 0 Å². The van der Waals surface area contributed by atoms with E-state index in [0.29, 0.717) is 0 Å². The van der Waals surface area contributed by atoms with E-state index in [1.54, 1.807) is 0 Å². The Hall–Kier alpha value is -1.22. The van der Waals surface area contributed by atoms with Gasteiger partial charge in [-0.05, 0) is 0 Å². The largest absolute Gasteiger partial charge is 0.479 e. The quantitative estimate of drug-likeness (QED) is 0.315. The van der Waals surface area contributed by atoms with Crippen LogP contribution in [-0.2, 0) is 9.59 Å². The van der Waals surface area contributed by atoms with Gasteiger partial charge in [-0.15, -0.1) is 0 Å². The Labute approximate surface area is 67.6 Å². The lowest BCUT2D eigenvalue weighted by atomic mass is 10.2. The first kappa shape index (κ1) is 17.0. The van der Waals surface area contributed by atoms with Crippen LogP contribution in [0.25, 0.3) is 0 Å². The van der Waals surface area contributed by atoms with Gasteiger partial charge in [0, 0.05) is 0 Å². The van der Waals surface area contributed by atoms with Crippen LogP contribution in [0.1, 0.15) is 0 Å². The van der Waals surface area contributed by atoms with Gasteiger partial charge in [0.1, 0.15) is 0 Å². The molecular formula is C4H14N2O6+2. The number of carbonyl (C=O) groups is 2. The molecule has 0 unspecified atom stereocenters. The Morgan fingerprint density at radius 3 is 1.08 bits per heavy atom. The lowest BCUT2D eigenvalue weighted by Gasteiger charge is -2.07. The normalized spacial score (nSPS) is 13.2. The number of aliphatic carboxylic acids is 2. The molecule has 0 amide bonds. The van der Waals surface area contributed by atoms with Gasteiger partial charge in [-0.1, -0.05) is 0 Å². The molecule has 12 heavy (non-hydrogen) atoms. The Balaban J connectivity index is -0.000000405. The first-order valence-electron chi connectivity index (χ1n) is 2.28. The predicted molar refractivity (Wildman–Crippen MR) is 39.3 cm³/mol. The molecule has 0 rings (SSSR count). The predicted octanol–water partition coefficient (Wildman–Crippen LogP) is -1.37. The van der Waals surface area contributed by atoms with Crippen LogP contribution in [0.4, 0.5) is 0 Å². The third kappa shape index (κ3) is 4.57. The van der Waals surface area contributed by atoms with Crippen molar-refractivity contribution in [2.24, 2.45) is 0 Å². The van der Waals surface area contributed by atoms with Crippen LogP contribution in [-0.4, -0.2) is 44.6 Å². The average Bonchev–Trinajstić information content (AvgIpc) is 1.84. The van der Waals surface area contributed by atoms with E-state index >= 15 is 0 Å². The highest BCUT2D eigenvalue weighted by Gasteiger charge is 2.29. The van der Waals surface area contributed by atoms with E-state index in [4.69, 9.17) is 20.4 Å². The van der Waals surface area contributed by atoms with E-state index in [9.17, 15) is 9.59 Å². The number of aliphatic hydroxyl groups is 2. The summed E-state index contributed by atoms with van der Waals surface area (Å²) in [6.07, 6.45) is -4.53. The number of aliphatic hydroxyl groups excluding tert-OH is 2. The summed E-state index contributed by atoms with van der Waals surface area (Å²) in [7, 11) is 0. The van der Waals surface area contributed by atoms with Gasteiger partial charge in [0.2, 0.25) is 0 Å². The lowest BCUT2D eigenvalue weighted by molar-refractivity contribution is -0.165. The topological polar surface area (TPSA) is 188 Å². The number of rotatable bonds is 3. The van der Waals surface area contributed by atoms with Crippen molar-refractivity contribution in [1.29, 1.82) is 0 Å². The minimum absolute atomic E-state index is 0. The Morgan fingerprint density at radius 1 is 0.833 bits per heavy atom. The highest BCUT2D eigenvalue weighted by atomic mass is 16.4. The average molecular weight is 186 g/mol. The Morgan fingerprint density at radius 2 is 1.00 bits per heavy atom. The molecule has 2 atom stereocenters. The summed E-state index contributed by atoms with van der Waals surface area (Å²) in [5.74, 6) is -3.54. The molecule has 0 bridgehead atoms. The van der Waals surface area contributed by atoms with Crippen LogP contribution < -0.4 is 12.3 Å². The third-order valence-corrected chi connectivity index (χ3v) is 0.805. The summed E-state index contributed by atoms with van der Waals surface area (Å²) in [6.45, 7) is 0. The maximum absolute atomic E-state index is 9.77. The van der Waals surface area contributed by atoms with Crippen LogP contribution in [0, 0.1) is 0 Å². The molecule has 0 aromatic rings. The van der Waals surface area contributed by atoms with Crippen molar-refractivity contribution in [2.45, 2.75) is 12.2 Å². The molecule has 8 nitrogen and oxygen atoms in total. The summed E-state index contributed by atoms with van der Waals surface area (Å²) >= 11 is 0. The molecule has 0 radical (unpaired) electrons. The summed E-state index contributed by atoms with van der Waals surface area (Å²) in [6, 6.07) is 0. The Kier molecular flexibility index (Phi) is 9.21. The second-order valence-corrected chi connectivity index (χ2v) is 1.57. The molecule has 0 heterocycles. The van der Waals surface area contributed by atoms with E-state index < -0.39 is 24.1 Å². The summed E-state index contributed by atoms with van der Waals surface area (Å²) in [4.78, 5) is 19.5. The van der Waals surface area contributed by atoms with Gasteiger partial charge in [-0.2, -0.15) is 0 Å². The first-order chi connectivity index (χ1) is 4.46. The molecule has 0 aromatic heterocycles. The van der Waals surface area contributed by atoms with E-state index in [-0.39, 0.29) is 12.3 Å². The molecule has 0 aliphatic carbocycles. The van der Waals surface area contributed by atoms with Crippen LogP contribution in [0.5, 0.6) is 0 Å². The molecule has 8 heteroatoms. The smallest absolute Gasteiger partial charge is 0.335 e. The minimum Gasteiger partial charge on any atom is -0.479 e. The molecule has 74 valence electrons. The monoisotopic (exact) mass is 186 g/mol. The second-order valence-electron chi connectivity index (χ2n) is 1.57. The highest BCUT2D eigenvalue weighted by molar-refractivity contribution is 5.82. The van der Waals surface area contributed by atoms with Gasteiger partial charge in [-0.25, -0.2) is 9.59 Å². The molecule has 0 spiro atoms. The summed E-state index contributed by atoms with van der Waals surface area (Å²) in [5.41, 5.74) is 0. The summed E-state index contributed by atoms with van der Waals surface area (Å²) < 4.78 is 0. The van der Waals surface area contributed by atoms with Crippen molar-refractivity contribution in [3.63, 3.8) is 0 Å². The standard InChI is InChI=1S/C4H6O6.2H3N/c5-1(3(7)8)2(6)4(9)10;;/h1-2,5-6H,(H,7,8)(H,9,10);2*1H3/p+2/t1-,2-;;/m0../s1. The maximum atomic E-state index is 9.77. The minimum atomic E-state index is -2.27. The number of quaternary nitrogens is 2. The van der Waals surface area contributed by atoms with Crippen LogP contribution in [0.2, 0.25) is 0 Å². The summed E-state index contributed by atoms with van der Waals surface area (Å²) in [5, 5.41) is 32.5. The van der Waals surface area contributed by atoms with Gasteiger partial charge in [-0.3, -0.25) is 0 Å². The van der Waals surface area contributed by atoms with Crippen molar-refractivity contribution in [1.82, 2.24) is 12.3 Å². The zero-order valence-corrected chi connectivity index (χ0v) is 6.76. The van der Waals surface area contributed by atoms with E-state index in [0.717, 1.165) is 0 Å². The van der Waals surface area contributed by atoms with Crippen molar-refractivity contribution in [2.75, 3.05) is 0 Å². The first-order valence-corrected chi connectivity index (χ1v) is 2.28. The number of hydrogen-bond acceptors (Lipinski definition) is 4. The zero-order valence-electron chi connectivity index (χ0n) is 6.76. The fraction of sp³-hybridized carbons (Fsp3) is 0.500. The molecule has 0 aromatic carbocycles. The second kappa shape index (κ2) is 6.49. The number of carboxylic acid groups (broad SMARTS) is 2. The fourth-order valence-electron chi connectivity index (χ4n) is 0.270. The van der Waals surface area contributed by atoms with Gasteiger partial charge >= 0.3 is 11.9 Å². The molecule has 0 saturated heterocycles. The third-order valence-electron chi connectivity index (χ3n) is 0.805. The maximum Gasteiger partial charge on any atom is 0.335 e. The fourth-order valence-corrected chi connectivity index (χ4v) is 0.270. The van der Waals surface area contributed by atoms with E-state index in [2.05, 4.69) is 0 Å². The van der Waals surface area contributed by atoms with Gasteiger partial charge in [0.15, 0.2) is 12.2 Å².